The molecule has 1 aliphatic heterocycles. The minimum absolute atomic E-state index is 0.0314. The number of sulfone groups is 1. The SMILES string of the molecule is COC[C@H](C)Oc1cc(Oc2ccc(S(C)(=O)=O)cc2)cc(C(=O)Nc2ncc(Oc3cccc(C(=O)N4CCC4)c3)s2)c1. The highest BCUT2D eigenvalue weighted by Gasteiger charge is 2.22. The normalized spacial score (nSPS) is 13.5. The maximum atomic E-state index is 13.3. The van der Waals surface area contributed by atoms with Crippen LogP contribution in [0.1, 0.15) is 34.1 Å². The predicted molar refractivity (Wildman–Crippen MR) is 165 cm³/mol. The van der Waals surface area contributed by atoms with Crippen molar-refractivity contribution in [1.82, 2.24) is 9.88 Å². The summed E-state index contributed by atoms with van der Waals surface area (Å²) < 4.78 is 46.6. The molecule has 0 aliphatic carbocycles. The molecule has 1 atom stereocenters. The fourth-order valence-corrected chi connectivity index (χ4v) is 5.58. The Morgan fingerprint density at radius 1 is 0.955 bits per heavy atom. The molecular weight excluding hydrogens is 606 g/mol. The first-order chi connectivity index (χ1) is 21.1. The summed E-state index contributed by atoms with van der Waals surface area (Å²) in [4.78, 5) is 32.0. The third-order valence-electron chi connectivity index (χ3n) is 6.52. The van der Waals surface area contributed by atoms with Gasteiger partial charge in [-0.2, -0.15) is 0 Å². The number of nitrogens with one attached hydrogen (secondary N) is 1. The molecule has 230 valence electrons. The lowest BCUT2D eigenvalue weighted by Crippen LogP contribution is -2.41. The monoisotopic (exact) mass is 637 g/mol. The van der Waals surface area contributed by atoms with E-state index in [-0.39, 0.29) is 22.5 Å². The zero-order valence-corrected chi connectivity index (χ0v) is 25.9. The largest absolute Gasteiger partial charge is 0.488 e. The van der Waals surface area contributed by atoms with Crippen molar-refractivity contribution in [2.45, 2.75) is 24.3 Å². The van der Waals surface area contributed by atoms with Gasteiger partial charge in [-0.15, -0.1) is 0 Å². The van der Waals surface area contributed by atoms with Gasteiger partial charge >= 0.3 is 0 Å². The number of anilines is 1. The van der Waals surface area contributed by atoms with Gasteiger partial charge in [-0.1, -0.05) is 17.4 Å². The molecule has 0 unspecified atom stereocenters. The van der Waals surface area contributed by atoms with Crippen LogP contribution in [0.4, 0.5) is 5.13 Å². The van der Waals surface area contributed by atoms with E-state index in [9.17, 15) is 18.0 Å². The number of thiazole rings is 1. The minimum atomic E-state index is -3.36. The van der Waals surface area contributed by atoms with E-state index in [0.29, 0.717) is 45.4 Å². The number of benzene rings is 3. The van der Waals surface area contributed by atoms with Crippen LogP contribution in [0, 0.1) is 0 Å². The Balaban J connectivity index is 1.30. The summed E-state index contributed by atoms with van der Waals surface area (Å²) in [6, 6.07) is 17.6. The summed E-state index contributed by atoms with van der Waals surface area (Å²) >= 11 is 1.13. The van der Waals surface area contributed by atoms with Crippen LogP contribution < -0.4 is 19.5 Å². The fraction of sp³-hybridized carbons (Fsp3) is 0.258. The van der Waals surface area contributed by atoms with Gasteiger partial charge in [-0.25, -0.2) is 13.4 Å². The van der Waals surface area contributed by atoms with Crippen LogP contribution in [0.25, 0.3) is 0 Å². The second kappa shape index (κ2) is 13.5. The van der Waals surface area contributed by atoms with E-state index in [0.717, 1.165) is 37.1 Å². The first-order valence-corrected chi connectivity index (χ1v) is 16.4. The van der Waals surface area contributed by atoms with Gasteiger partial charge in [-0.05, 0) is 67.9 Å². The van der Waals surface area contributed by atoms with Crippen molar-refractivity contribution in [3.63, 3.8) is 0 Å². The maximum absolute atomic E-state index is 13.3. The standard InChI is InChI=1S/C31H31N3O8S2/c1-20(19-39-2)40-25-15-22(16-26(17-25)41-23-8-10-27(11-9-23)44(3,37)38)29(35)33-31-32-18-28(43-31)42-24-7-4-6-21(14-24)30(36)34-12-5-13-34/h4,6-11,14-18,20H,5,12-13,19H2,1-3H3,(H,32,33,35)/t20-/m0/s1. The van der Waals surface area contributed by atoms with Crippen molar-refractivity contribution in [3.8, 4) is 28.1 Å². The van der Waals surface area contributed by atoms with Crippen molar-refractivity contribution < 1.29 is 37.0 Å². The molecule has 5 rings (SSSR count). The number of aromatic nitrogens is 1. The molecule has 2 heterocycles. The van der Waals surface area contributed by atoms with Crippen LogP contribution in [0.5, 0.6) is 28.1 Å². The highest BCUT2D eigenvalue weighted by Crippen LogP contribution is 2.33. The number of carbonyl (C=O) groups is 2. The Hall–Kier alpha value is -4.46. The summed E-state index contributed by atoms with van der Waals surface area (Å²) in [5.74, 6) is 1.05. The lowest BCUT2D eigenvalue weighted by Gasteiger charge is -2.30. The average Bonchev–Trinajstić information content (AvgIpc) is 3.38. The Kier molecular flexibility index (Phi) is 9.47. The highest BCUT2D eigenvalue weighted by atomic mass is 32.2. The highest BCUT2D eigenvalue weighted by molar-refractivity contribution is 7.90. The predicted octanol–water partition coefficient (Wildman–Crippen LogP) is 5.64. The summed E-state index contributed by atoms with van der Waals surface area (Å²) in [6.45, 7) is 3.68. The van der Waals surface area contributed by atoms with Crippen LogP contribution in [-0.2, 0) is 14.6 Å². The number of rotatable bonds is 12. The molecule has 2 amide bonds. The van der Waals surface area contributed by atoms with Gasteiger partial charge in [0, 0.05) is 43.6 Å². The van der Waals surface area contributed by atoms with Crippen LogP contribution in [0.15, 0.2) is 77.8 Å². The fourth-order valence-electron chi connectivity index (χ4n) is 4.27. The topological polar surface area (TPSA) is 133 Å². The van der Waals surface area contributed by atoms with Crippen LogP contribution in [-0.4, -0.2) is 69.3 Å². The molecule has 13 heteroatoms. The number of amides is 2. The van der Waals surface area contributed by atoms with Gasteiger partial charge in [0.25, 0.3) is 11.8 Å². The Bertz CT molecular complexity index is 1750. The molecule has 4 aromatic rings. The molecule has 1 saturated heterocycles. The van der Waals surface area contributed by atoms with Crippen molar-refractivity contribution >= 4 is 38.1 Å². The molecule has 3 aromatic carbocycles. The van der Waals surface area contributed by atoms with Gasteiger partial charge in [-0.3, -0.25) is 14.9 Å². The Morgan fingerprint density at radius 2 is 1.68 bits per heavy atom. The number of ether oxygens (including phenoxy) is 4. The Labute approximate surface area is 259 Å². The molecule has 0 bridgehead atoms. The lowest BCUT2D eigenvalue weighted by atomic mass is 10.1. The van der Waals surface area contributed by atoms with Crippen molar-refractivity contribution in [2.24, 2.45) is 0 Å². The van der Waals surface area contributed by atoms with Gasteiger partial charge in [0.15, 0.2) is 15.0 Å². The second-order valence-corrected chi connectivity index (χ2v) is 13.1. The molecule has 1 fully saturated rings. The number of carbonyl (C=O) groups excluding carboxylic acids is 2. The average molecular weight is 638 g/mol. The third kappa shape index (κ3) is 7.92. The third-order valence-corrected chi connectivity index (χ3v) is 8.44. The van der Waals surface area contributed by atoms with E-state index in [4.69, 9.17) is 18.9 Å². The van der Waals surface area contributed by atoms with E-state index in [1.54, 1.807) is 54.5 Å². The Morgan fingerprint density at radius 3 is 2.36 bits per heavy atom. The zero-order chi connectivity index (χ0) is 31.3. The molecule has 1 N–H and O–H groups in total. The van der Waals surface area contributed by atoms with E-state index in [1.165, 1.54) is 30.5 Å². The molecule has 44 heavy (non-hydrogen) atoms. The number of hydrogen-bond acceptors (Lipinski definition) is 10. The molecular formula is C31H31N3O8S2. The smallest absolute Gasteiger partial charge is 0.257 e. The van der Waals surface area contributed by atoms with Gasteiger partial charge < -0.3 is 23.8 Å². The van der Waals surface area contributed by atoms with Crippen molar-refractivity contribution in [3.05, 3.63) is 84.1 Å². The summed E-state index contributed by atoms with van der Waals surface area (Å²) in [5, 5.41) is 3.50. The van der Waals surface area contributed by atoms with Crippen molar-refractivity contribution in [2.75, 3.05) is 38.4 Å². The molecule has 0 radical (unpaired) electrons. The number of methoxy groups -OCH3 is 1. The maximum Gasteiger partial charge on any atom is 0.257 e. The van der Waals surface area contributed by atoms with Crippen molar-refractivity contribution in [1.29, 1.82) is 0 Å². The summed E-state index contributed by atoms with van der Waals surface area (Å²) in [5.41, 5.74) is 0.788. The second-order valence-electron chi connectivity index (χ2n) is 10.1. The lowest BCUT2D eigenvalue weighted by molar-refractivity contribution is 0.0651. The first kappa shape index (κ1) is 31.0. The molecule has 1 aliphatic rings. The summed E-state index contributed by atoms with van der Waals surface area (Å²) in [7, 11) is -1.80. The van der Waals surface area contributed by atoms with E-state index in [2.05, 4.69) is 10.3 Å². The summed E-state index contributed by atoms with van der Waals surface area (Å²) in [6.07, 6.45) is 3.32. The molecule has 1 aromatic heterocycles. The van der Waals surface area contributed by atoms with E-state index >= 15 is 0 Å². The van der Waals surface area contributed by atoms with Crippen LogP contribution in [0.3, 0.4) is 0 Å². The van der Waals surface area contributed by atoms with Crippen LogP contribution >= 0.6 is 11.3 Å². The van der Waals surface area contributed by atoms with Gasteiger partial charge in [0.1, 0.15) is 29.1 Å². The molecule has 11 nitrogen and oxygen atoms in total. The quantitative estimate of drug-likeness (QED) is 0.209. The van der Waals surface area contributed by atoms with Gasteiger partial charge in [0.05, 0.1) is 17.7 Å². The van der Waals surface area contributed by atoms with E-state index in [1.807, 2.05) is 6.92 Å². The van der Waals surface area contributed by atoms with Gasteiger partial charge in [0.2, 0.25) is 5.06 Å². The first-order valence-electron chi connectivity index (χ1n) is 13.7. The minimum Gasteiger partial charge on any atom is -0.488 e. The molecule has 0 spiro atoms. The number of likely N-dealkylation sites (tertiary alicyclic amines) is 1. The number of nitrogens with zero attached hydrogens (tertiary/aromatic N) is 2. The zero-order valence-electron chi connectivity index (χ0n) is 24.3. The van der Waals surface area contributed by atoms with E-state index < -0.39 is 15.7 Å². The number of hydrogen-bond donors (Lipinski definition) is 1. The molecule has 0 saturated carbocycles. The van der Waals surface area contributed by atoms with Crippen LogP contribution in [0.2, 0.25) is 0 Å².